The molecule has 1 atom stereocenters. The van der Waals surface area contributed by atoms with E-state index in [1.165, 1.54) is 35.4 Å². The number of nitrogens with zero attached hydrogens (tertiary/aromatic N) is 3. The zero-order valence-electron chi connectivity index (χ0n) is 21.6. The summed E-state index contributed by atoms with van der Waals surface area (Å²) in [5, 5.41) is 0. The maximum Gasteiger partial charge on any atom is 0.146 e. The van der Waals surface area contributed by atoms with E-state index < -0.39 is 0 Å². The summed E-state index contributed by atoms with van der Waals surface area (Å²) in [7, 11) is 0. The van der Waals surface area contributed by atoms with Gasteiger partial charge in [-0.2, -0.15) is 0 Å². The fourth-order valence-electron chi connectivity index (χ4n) is 5.45. The highest BCUT2D eigenvalue weighted by Crippen LogP contribution is 2.42. The molecule has 6 heteroatoms. The van der Waals surface area contributed by atoms with Crippen LogP contribution in [0.4, 0.5) is 11.4 Å². The maximum atomic E-state index is 11.9. The first-order valence-electron chi connectivity index (χ1n) is 13.0. The number of hydrogen-bond donors (Lipinski definition) is 0. The summed E-state index contributed by atoms with van der Waals surface area (Å²) in [4.78, 5) is 19.2. The van der Waals surface area contributed by atoms with Crippen molar-refractivity contribution in [2.75, 3.05) is 68.8 Å². The largest absolute Gasteiger partial charge is 0.378 e. The van der Waals surface area contributed by atoms with Crippen LogP contribution >= 0.6 is 12.4 Å². The first kappa shape index (κ1) is 27.0. The molecular formula is C28H44ClN3O2. The molecule has 2 heterocycles. The van der Waals surface area contributed by atoms with E-state index in [4.69, 9.17) is 4.74 Å². The van der Waals surface area contributed by atoms with Crippen LogP contribution in [0.1, 0.15) is 58.9 Å². The molecule has 1 aromatic rings. The molecule has 190 valence electrons. The normalized spacial score (nSPS) is 22.2. The van der Waals surface area contributed by atoms with Crippen LogP contribution in [-0.2, 0) is 9.53 Å². The molecule has 0 amide bonds. The van der Waals surface area contributed by atoms with E-state index in [1.807, 2.05) is 6.92 Å². The summed E-state index contributed by atoms with van der Waals surface area (Å²) < 4.78 is 5.59. The average Bonchev–Trinajstić information content (AvgIpc) is 2.84. The number of piperazine rings is 1. The lowest BCUT2D eigenvalue weighted by molar-refractivity contribution is -0.119. The molecular weight excluding hydrogens is 446 g/mol. The van der Waals surface area contributed by atoms with Crippen molar-refractivity contribution in [3.8, 4) is 0 Å². The van der Waals surface area contributed by atoms with Crippen molar-refractivity contribution in [3.05, 3.63) is 29.8 Å². The number of ether oxygens (including phenoxy) is 1. The predicted octanol–water partition coefficient (Wildman–Crippen LogP) is 5.28. The molecule has 4 rings (SSSR count). The van der Waals surface area contributed by atoms with Gasteiger partial charge in [-0.3, -0.25) is 9.69 Å². The van der Waals surface area contributed by atoms with Gasteiger partial charge in [-0.25, -0.2) is 0 Å². The standard InChI is InChI=1S/C28H43N3O2.ClH/c1-5-25(32)21-29-12-14-31(15-13-29)27-11-10-24(30-16-18-33-19-17-30)20-26(27)22-6-8-23(9-7-22)28(2,3)4;/h6,10-11,20,23H,5,7-9,12-19,21H2,1-4H3;1H. The van der Waals surface area contributed by atoms with Gasteiger partial charge >= 0.3 is 0 Å². The van der Waals surface area contributed by atoms with E-state index in [1.54, 1.807) is 0 Å². The van der Waals surface area contributed by atoms with E-state index in [-0.39, 0.29) is 12.4 Å². The van der Waals surface area contributed by atoms with Gasteiger partial charge in [0.2, 0.25) is 0 Å². The van der Waals surface area contributed by atoms with Gasteiger partial charge in [-0.05, 0) is 54.4 Å². The van der Waals surface area contributed by atoms with Crippen molar-refractivity contribution < 1.29 is 9.53 Å². The molecule has 0 spiro atoms. The number of halogens is 1. The van der Waals surface area contributed by atoms with Crippen molar-refractivity contribution in [2.45, 2.75) is 53.4 Å². The van der Waals surface area contributed by atoms with Crippen molar-refractivity contribution in [1.82, 2.24) is 4.90 Å². The number of rotatable bonds is 6. The minimum absolute atomic E-state index is 0. The summed E-state index contributed by atoms with van der Waals surface area (Å²) >= 11 is 0. The number of ketones is 1. The Morgan fingerprint density at radius 1 is 1.03 bits per heavy atom. The summed E-state index contributed by atoms with van der Waals surface area (Å²) in [5.41, 5.74) is 6.00. The second-order valence-corrected chi connectivity index (χ2v) is 11.0. The van der Waals surface area contributed by atoms with Gasteiger partial charge < -0.3 is 14.5 Å². The summed E-state index contributed by atoms with van der Waals surface area (Å²) in [6, 6.07) is 7.10. The van der Waals surface area contributed by atoms with Crippen LogP contribution in [-0.4, -0.2) is 69.7 Å². The van der Waals surface area contributed by atoms with Gasteiger partial charge in [0, 0.05) is 62.6 Å². The summed E-state index contributed by atoms with van der Waals surface area (Å²) in [6.45, 7) is 17.1. The molecule has 0 saturated carbocycles. The zero-order valence-corrected chi connectivity index (χ0v) is 22.5. The Hall–Kier alpha value is -1.56. The zero-order chi connectivity index (χ0) is 23.4. The molecule has 5 nitrogen and oxygen atoms in total. The Morgan fingerprint density at radius 2 is 1.74 bits per heavy atom. The van der Waals surface area contributed by atoms with Crippen LogP contribution < -0.4 is 9.80 Å². The lowest BCUT2D eigenvalue weighted by atomic mass is 9.72. The van der Waals surface area contributed by atoms with Crippen LogP contribution in [0.15, 0.2) is 24.3 Å². The third kappa shape index (κ3) is 6.56. The lowest BCUT2D eigenvalue weighted by Crippen LogP contribution is -2.48. The van der Waals surface area contributed by atoms with E-state index in [2.05, 4.69) is 59.7 Å². The van der Waals surface area contributed by atoms with Crippen molar-refractivity contribution in [3.63, 3.8) is 0 Å². The molecule has 1 unspecified atom stereocenters. The molecule has 0 aromatic heterocycles. The number of anilines is 2. The van der Waals surface area contributed by atoms with Gasteiger partial charge in [0.25, 0.3) is 0 Å². The highest BCUT2D eigenvalue weighted by Gasteiger charge is 2.28. The quantitative estimate of drug-likeness (QED) is 0.543. The Labute approximate surface area is 212 Å². The predicted molar refractivity (Wildman–Crippen MR) is 145 cm³/mol. The summed E-state index contributed by atoms with van der Waals surface area (Å²) in [6.07, 6.45) is 6.76. The molecule has 2 fully saturated rings. The number of carbonyl (C=O) groups excluding carboxylic acids is 1. The molecule has 3 aliphatic rings. The van der Waals surface area contributed by atoms with Gasteiger partial charge in [0.1, 0.15) is 5.78 Å². The Morgan fingerprint density at radius 3 is 2.32 bits per heavy atom. The second-order valence-electron chi connectivity index (χ2n) is 11.0. The second kappa shape index (κ2) is 11.9. The highest BCUT2D eigenvalue weighted by atomic mass is 35.5. The third-order valence-electron chi connectivity index (χ3n) is 7.85. The molecule has 1 aliphatic carbocycles. The first-order chi connectivity index (χ1) is 15.8. The average molecular weight is 490 g/mol. The fourth-order valence-corrected chi connectivity index (χ4v) is 5.45. The van der Waals surface area contributed by atoms with Crippen LogP contribution in [0.25, 0.3) is 5.57 Å². The van der Waals surface area contributed by atoms with E-state index >= 15 is 0 Å². The van der Waals surface area contributed by atoms with E-state index in [0.717, 1.165) is 64.8 Å². The third-order valence-corrected chi connectivity index (χ3v) is 7.85. The van der Waals surface area contributed by atoms with E-state index in [9.17, 15) is 4.79 Å². The number of benzene rings is 1. The highest BCUT2D eigenvalue weighted by molar-refractivity contribution is 5.85. The van der Waals surface area contributed by atoms with Crippen molar-refractivity contribution in [2.24, 2.45) is 11.3 Å². The van der Waals surface area contributed by atoms with Crippen LogP contribution in [0, 0.1) is 11.3 Å². The molecule has 1 aromatic carbocycles. The van der Waals surface area contributed by atoms with Crippen LogP contribution in [0.2, 0.25) is 0 Å². The number of carbonyl (C=O) groups is 1. The number of morpholine rings is 1. The van der Waals surface area contributed by atoms with Gasteiger partial charge in [0.05, 0.1) is 19.8 Å². The van der Waals surface area contributed by atoms with Crippen LogP contribution in [0.5, 0.6) is 0 Å². The molecule has 0 bridgehead atoms. The maximum absolute atomic E-state index is 11.9. The molecule has 0 radical (unpaired) electrons. The number of hydrogen-bond acceptors (Lipinski definition) is 5. The van der Waals surface area contributed by atoms with Gasteiger partial charge in [-0.15, -0.1) is 12.4 Å². The van der Waals surface area contributed by atoms with E-state index in [0.29, 0.717) is 24.2 Å². The van der Waals surface area contributed by atoms with Gasteiger partial charge in [-0.1, -0.05) is 33.8 Å². The van der Waals surface area contributed by atoms with Crippen molar-refractivity contribution >= 4 is 35.1 Å². The van der Waals surface area contributed by atoms with Crippen molar-refractivity contribution in [1.29, 1.82) is 0 Å². The summed E-state index contributed by atoms with van der Waals surface area (Å²) in [5.74, 6) is 1.10. The minimum atomic E-state index is 0. The van der Waals surface area contributed by atoms with Gasteiger partial charge in [0.15, 0.2) is 0 Å². The number of Topliss-reactive ketones (excluding diaryl/α,β-unsaturated/α-hetero) is 1. The minimum Gasteiger partial charge on any atom is -0.378 e. The van der Waals surface area contributed by atoms with Crippen LogP contribution in [0.3, 0.4) is 0 Å². The Bertz CT molecular complexity index is 850. The SMILES string of the molecule is CCC(=O)CN1CCN(c2ccc(N3CCOCC3)cc2C2=CCC(C(C)(C)C)CC2)CC1.Cl. The smallest absolute Gasteiger partial charge is 0.146 e. The fraction of sp³-hybridized carbons (Fsp3) is 0.679. The topological polar surface area (TPSA) is 36.0 Å². The molecule has 2 aliphatic heterocycles. The Balaban J connectivity index is 0.00000324. The number of allylic oxidation sites excluding steroid dienone is 2. The molecule has 2 saturated heterocycles. The first-order valence-corrected chi connectivity index (χ1v) is 13.0. The molecule has 0 N–H and O–H groups in total. The lowest BCUT2D eigenvalue weighted by Gasteiger charge is -2.38. The molecule has 34 heavy (non-hydrogen) atoms. The monoisotopic (exact) mass is 489 g/mol. The Kier molecular flexibility index (Phi) is 9.48.